The lowest BCUT2D eigenvalue weighted by atomic mass is 9.82. The first kappa shape index (κ1) is 23.4. The largest absolute Gasteiger partial charge is 0.486 e. The first-order chi connectivity index (χ1) is 16.9. The molecular formula is C27H30N2O6. The minimum atomic E-state index is -0.593. The predicted molar refractivity (Wildman–Crippen MR) is 127 cm³/mol. The molecule has 8 nitrogen and oxygen atoms in total. The highest BCUT2D eigenvalue weighted by molar-refractivity contribution is 6.00. The van der Waals surface area contributed by atoms with Gasteiger partial charge >= 0.3 is 0 Å². The molecule has 1 spiro atoms. The number of nitrogens with zero attached hydrogens (tertiary/aromatic N) is 2. The SMILES string of the molecule is CC(=O)N1CCC2(CC1)CC(=O)c1ccc(OCC(=O)N3CCOC(c4ccccc4)C3)cc1O2. The van der Waals surface area contributed by atoms with Crippen molar-refractivity contribution >= 4 is 17.6 Å². The summed E-state index contributed by atoms with van der Waals surface area (Å²) in [6.45, 7) is 4.08. The lowest BCUT2D eigenvalue weighted by Crippen LogP contribution is -2.51. The number of carbonyl (C=O) groups is 3. The Bertz CT molecular complexity index is 1110. The van der Waals surface area contributed by atoms with E-state index in [0.717, 1.165) is 5.56 Å². The molecule has 2 aromatic carbocycles. The topological polar surface area (TPSA) is 85.4 Å². The number of amides is 2. The standard InChI is InChI=1S/C27H30N2O6/c1-19(30)28-11-9-27(10-12-28)16-23(31)22-8-7-21(15-24(22)35-27)34-18-26(32)29-13-14-33-25(17-29)20-5-3-2-4-6-20/h2-8,15,25H,9-14,16-18H2,1H3. The number of benzene rings is 2. The summed E-state index contributed by atoms with van der Waals surface area (Å²) in [6.07, 6.45) is 1.38. The molecule has 2 saturated heterocycles. The van der Waals surface area contributed by atoms with E-state index in [2.05, 4.69) is 0 Å². The molecule has 0 radical (unpaired) electrons. The van der Waals surface area contributed by atoms with E-state index in [1.165, 1.54) is 0 Å². The van der Waals surface area contributed by atoms with Crippen LogP contribution >= 0.6 is 0 Å². The van der Waals surface area contributed by atoms with Gasteiger partial charge in [-0.15, -0.1) is 0 Å². The van der Waals surface area contributed by atoms with E-state index in [1.54, 1.807) is 34.9 Å². The van der Waals surface area contributed by atoms with Crippen molar-refractivity contribution in [3.05, 3.63) is 59.7 Å². The Kier molecular flexibility index (Phi) is 6.47. The van der Waals surface area contributed by atoms with Crippen LogP contribution in [0.1, 0.15) is 48.2 Å². The van der Waals surface area contributed by atoms with Crippen LogP contribution in [0.4, 0.5) is 0 Å². The van der Waals surface area contributed by atoms with Crippen molar-refractivity contribution < 1.29 is 28.6 Å². The molecule has 184 valence electrons. The molecule has 2 fully saturated rings. The molecule has 1 unspecified atom stereocenters. The van der Waals surface area contributed by atoms with Crippen molar-refractivity contribution in [1.82, 2.24) is 9.80 Å². The zero-order valence-electron chi connectivity index (χ0n) is 19.9. The monoisotopic (exact) mass is 478 g/mol. The number of fused-ring (bicyclic) bond motifs is 1. The number of carbonyl (C=O) groups excluding carboxylic acids is 3. The van der Waals surface area contributed by atoms with E-state index in [4.69, 9.17) is 14.2 Å². The van der Waals surface area contributed by atoms with Gasteiger partial charge < -0.3 is 24.0 Å². The second-order valence-electron chi connectivity index (χ2n) is 9.45. The van der Waals surface area contributed by atoms with Crippen molar-refractivity contribution in [2.45, 2.75) is 37.9 Å². The first-order valence-electron chi connectivity index (χ1n) is 12.1. The summed E-state index contributed by atoms with van der Waals surface area (Å²) in [7, 11) is 0. The van der Waals surface area contributed by atoms with E-state index < -0.39 is 5.60 Å². The molecule has 3 aliphatic rings. The number of likely N-dealkylation sites (tertiary alicyclic amines) is 1. The Labute approximate surface area is 204 Å². The average Bonchev–Trinajstić information content (AvgIpc) is 2.88. The smallest absolute Gasteiger partial charge is 0.260 e. The van der Waals surface area contributed by atoms with Crippen LogP contribution < -0.4 is 9.47 Å². The highest BCUT2D eigenvalue weighted by atomic mass is 16.5. The number of piperidine rings is 1. The fraction of sp³-hybridized carbons (Fsp3) is 0.444. The van der Waals surface area contributed by atoms with Gasteiger partial charge in [0.1, 0.15) is 23.2 Å². The van der Waals surface area contributed by atoms with E-state index in [1.807, 2.05) is 30.3 Å². The van der Waals surface area contributed by atoms with Crippen molar-refractivity contribution in [2.75, 3.05) is 39.4 Å². The minimum Gasteiger partial charge on any atom is -0.486 e. The van der Waals surface area contributed by atoms with Crippen molar-refractivity contribution in [3.63, 3.8) is 0 Å². The van der Waals surface area contributed by atoms with Crippen LogP contribution in [0.3, 0.4) is 0 Å². The highest BCUT2D eigenvalue weighted by Gasteiger charge is 2.43. The van der Waals surface area contributed by atoms with Gasteiger partial charge in [0.15, 0.2) is 12.4 Å². The number of rotatable bonds is 4. The van der Waals surface area contributed by atoms with Gasteiger partial charge in [-0.2, -0.15) is 0 Å². The van der Waals surface area contributed by atoms with Gasteiger partial charge in [-0.05, 0) is 17.7 Å². The van der Waals surface area contributed by atoms with E-state index >= 15 is 0 Å². The quantitative estimate of drug-likeness (QED) is 0.672. The van der Waals surface area contributed by atoms with Gasteiger partial charge in [0.25, 0.3) is 5.91 Å². The zero-order valence-corrected chi connectivity index (χ0v) is 19.9. The van der Waals surface area contributed by atoms with Crippen LogP contribution in [0.15, 0.2) is 48.5 Å². The van der Waals surface area contributed by atoms with E-state index in [0.29, 0.717) is 69.1 Å². The second kappa shape index (κ2) is 9.70. The molecule has 0 N–H and O–H groups in total. The molecule has 1 atom stereocenters. The van der Waals surface area contributed by atoms with Gasteiger partial charge in [0, 0.05) is 45.5 Å². The first-order valence-corrected chi connectivity index (χ1v) is 12.1. The average molecular weight is 479 g/mol. The normalized spacial score (nSPS) is 21.3. The van der Waals surface area contributed by atoms with Crippen molar-refractivity contribution in [3.8, 4) is 11.5 Å². The van der Waals surface area contributed by atoms with Crippen LogP contribution in [0.2, 0.25) is 0 Å². The summed E-state index contributed by atoms with van der Waals surface area (Å²) in [5.74, 6) is 0.925. The van der Waals surface area contributed by atoms with Crippen molar-refractivity contribution in [1.29, 1.82) is 0 Å². The van der Waals surface area contributed by atoms with Gasteiger partial charge in [-0.3, -0.25) is 14.4 Å². The Morgan fingerprint density at radius 2 is 1.83 bits per heavy atom. The summed E-state index contributed by atoms with van der Waals surface area (Å²) in [5.41, 5.74) is 0.984. The summed E-state index contributed by atoms with van der Waals surface area (Å²) in [5, 5.41) is 0. The molecule has 0 aliphatic carbocycles. The maximum atomic E-state index is 12.8. The number of hydrogen-bond donors (Lipinski definition) is 0. The fourth-order valence-electron chi connectivity index (χ4n) is 5.05. The Hall–Kier alpha value is -3.39. The molecule has 0 saturated carbocycles. The number of ketones is 1. The molecular weight excluding hydrogens is 448 g/mol. The van der Waals surface area contributed by atoms with E-state index in [-0.39, 0.29) is 30.3 Å². The Balaban J connectivity index is 1.21. The molecule has 3 aliphatic heterocycles. The van der Waals surface area contributed by atoms with Crippen LogP contribution in [-0.2, 0) is 14.3 Å². The second-order valence-corrected chi connectivity index (χ2v) is 9.45. The minimum absolute atomic E-state index is 0.0328. The molecule has 2 amide bonds. The predicted octanol–water partition coefficient (Wildman–Crippen LogP) is 3.01. The third-order valence-electron chi connectivity index (χ3n) is 7.14. The van der Waals surface area contributed by atoms with Gasteiger partial charge in [-0.1, -0.05) is 30.3 Å². The number of Topliss-reactive ketones (excluding diaryl/α,β-unsaturated/α-hetero) is 1. The number of ether oxygens (including phenoxy) is 3. The lowest BCUT2D eigenvalue weighted by Gasteiger charge is -2.43. The fourth-order valence-corrected chi connectivity index (χ4v) is 5.05. The zero-order chi connectivity index (χ0) is 24.4. The third kappa shape index (κ3) is 5.03. The molecule has 2 aromatic rings. The lowest BCUT2D eigenvalue weighted by molar-refractivity contribution is -0.141. The van der Waals surface area contributed by atoms with Gasteiger partial charge in [-0.25, -0.2) is 0 Å². The van der Waals surface area contributed by atoms with E-state index in [9.17, 15) is 14.4 Å². The van der Waals surface area contributed by atoms with Crippen LogP contribution in [0.25, 0.3) is 0 Å². The van der Waals surface area contributed by atoms with Crippen LogP contribution in [0.5, 0.6) is 11.5 Å². The summed E-state index contributed by atoms with van der Waals surface area (Å²) < 4.78 is 18.0. The number of morpholine rings is 1. The summed E-state index contributed by atoms with van der Waals surface area (Å²) >= 11 is 0. The number of hydrogen-bond acceptors (Lipinski definition) is 6. The van der Waals surface area contributed by atoms with Gasteiger partial charge in [0.05, 0.1) is 25.1 Å². The maximum Gasteiger partial charge on any atom is 0.260 e. The Morgan fingerprint density at radius 3 is 2.57 bits per heavy atom. The molecule has 8 heteroatoms. The molecule has 0 aromatic heterocycles. The summed E-state index contributed by atoms with van der Waals surface area (Å²) in [4.78, 5) is 40.9. The van der Waals surface area contributed by atoms with Crippen molar-refractivity contribution in [2.24, 2.45) is 0 Å². The Morgan fingerprint density at radius 1 is 1.06 bits per heavy atom. The van der Waals surface area contributed by atoms with Crippen LogP contribution in [-0.4, -0.2) is 72.4 Å². The third-order valence-corrected chi connectivity index (χ3v) is 7.14. The highest BCUT2D eigenvalue weighted by Crippen LogP contribution is 2.40. The summed E-state index contributed by atoms with van der Waals surface area (Å²) in [6, 6.07) is 15.0. The molecule has 35 heavy (non-hydrogen) atoms. The van der Waals surface area contributed by atoms with Gasteiger partial charge in [0.2, 0.25) is 5.91 Å². The molecule has 5 rings (SSSR count). The van der Waals surface area contributed by atoms with Crippen LogP contribution in [0, 0.1) is 0 Å². The molecule has 0 bridgehead atoms. The maximum absolute atomic E-state index is 12.8. The molecule has 3 heterocycles.